The Bertz CT molecular complexity index is 406. The summed E-state index contributed by atoms with van der Waals surface area (Å²) in [6.07, 6.45) is 6.85. The quantitative estimate of drug-likeness (QED) is 0.791. The van der Waals surface area contributed by atoms with E-state index in [-0.39, 0.29) is 0 Å². The average molecular weight is 262 g/mol. The molecule has 1 aliphatic carbocycles. The van der Waals surface area contributed by atoms with Crippen molar-refractivity contribution in [1.29, 1.82) is 0 Å². The van der Waals surface area contributed by atoms with E-state index in [4.69, 9.17) is 10.5 Å². The molecule has 0 bridgehead atoms. The maximum atomic E-state index is 5.85. The van der Waals surface area contributed by atoms with Crippen molar-refractivity contribution in [2.24, 2.45) is 11.8 Å². The molecular weight excluding hydrogens is 236 g/mol. The molecule has 1 aromatic carbocycles. The first-order chi connectivity index (χ1) is 9.17. The van der Waals surface area contributed by atoms with E-state index in [1.54, 1.807) is 7.11 Å². The molecule has 1 aliphatic rings. The second kappa shape index (κ2) is 6.69. The number of methoxy groups -OCH3 is 1. The first kappa shape index (κ1) is 14.0. The normalized spacial score (nSPS) is 23.1. The van der Waals surface area contributed by atoms with Crippen molar-refractivity contribution < 1.29 is 4.74 Å². The molecule has 3 nitrogen and oxygen atoms in total. The van der Waals surface area contributed by atoms with Gasteiger partial charge >= 0.3 is 0 Å². The second-order valence-corrected chi connectivity index (χ2v) is 5.85. The van der Waals surface area contributed by atoms with Gasteiger partial charge in [0.25, 0.3) is 0 Å². The molecular formula is C16H26N2O. The first-order valence-corrected chi connectivity index (χ1v) is 7.36. The molecule has 2 atom stereocenters. The minimum absolute atomic E-state index is 0.744. The van der Waals surface area contributed by atoms with Crippen molar-refractivity contribution >= 4 is 11.4 Å². The van der Waals surface area contributed by atoms with E-state index in [2.05, 4.69) is 12.2 Å². The summed E-state index contributed by atoms with van der Waals surface area (Å²) in [4.78, 5) is 0. The molecule has 3 N–H and O–H groups in total. The number of anilines is 2. The summed E-state index contributed by atoms with van der Waals surface area (Å²) < 4.78 is 5.23. The number of hydrogen-bond acceptors (Lipinski definition) is 3. The predicted molar refractivity (Wildman–Crippen MR) is 81.6 cm³/mol. The van der Waals surface area contributed by atoms with Gasteiger partial charge in [0.05, 0.1) is 7.11 Å². The molecule has 106 valence electrons. The van der Waals surface area contributed by atoms with E-state index >= 15 is 0 Å². The van der Waals surface area contributed by atoms with Crippen LogP contribution >= 0.6 is 0 Å². The standard InChI is InChI=1S/C16H26N2O/c1-12-4-3-5-13(8-12)6-7-18-15-9-14(17)10-16(11-15)19-2/h9-13,18H,3-8,17H2,1-2H3. The van der Waals surface area contributed by atoms with E-state index in [1.165, 1.54) is 32.1 Å². The Morgan fingerprint density at radius 2 is 2.16 bits per heavy atom. The third-order valence-electron chi connectivity index (χ3n) is 4.09. The van der Waals surface area contributed by atoms with Crippen LogP contribution in [0.3, 0.4) is 0 Å². The molecule has 1 saturated carbocycles. The molecule has 3 heteroatoms. The number of benzene rings is 1. The third kappa shape index (κ3) is 4.34. The molecule has 19 heavy (non-hydrogen) atoms. The van der Waals surface area contributed by atoms with E-state index < -0.39 is 0 Å². The maximum Gasteiger partial charge on any atom is 0.122 e. The minimum Gasteiger partial charge on any atom is -0.497 e. The molecule has 0 aromatic heterocycles. The van der Waals surface area contributed by atoms with Crippen LogP contribution in [0.2, 0.25) is 0 Å². The number of nitrogens with two attached hydrogens (primary N) is 1. The Labute approximate surface area is 116 Å². The molecule has 0 spiro atoms. The molecule has 0 saturated heterocycles. The smallest absolute Gasteiger partial charge is 0.122 e. The molecule has 0 radical (unpaired) electrons. The summed E-state index contributed by atoms with van der Waals surface area (Å²) in [5, 5.41) is 3.46. The lowest BCUT2D eigenvalue weighted by Gasteiger charge is -2.26. The largest absolute Gasteiger partial charge is 0.497 e. The van der Waals surface area contributed by atoms with E-state index in [0.717, 1.165) is 35.5 Å². The predicted octanol–water partition coefficient (Wildman–Crippen LogP) is 3.91. The number of hydrogen-bond donors (Lipinski definition) is 2. The van der Waals surface area contributed by atoms with Gasteiger partial charge in [-0.1, -0.05) is 26.2 Å². The van der Waals surface area contributed by atoms with Crippen molar-refractivity contribution in [3.05, 3.63) is 18.2 Å². The van der Waals surface area contributed by atoms with Gasteiger partial charge in [0.1, 0.15) is 5.75 Å². The van der Waals surface area contributed by atoms with Gasteiger partial charge in [-0.25, -0.2) is 0 Å². The number of nitrogens with one attached hydrogen (secondary N) is 1. The lowest BCUT2D eigenvalue weighted by atomic mass is 9.81. The van der Waals surface area contributed by atoms with Crippen LogP contribution < -0.4 is 15.8 Å². The molecule has 1 aromatic rings. The van der Waals surface area contributed by atoms with E-state index in [1.807, 2.05) is 18.2 Å². The van der Waals surface area contributed by atoms with Crippen molar-refractivity contribution in [1.82, 2.24) is 0 Å². The zero-order chi connectivity index (χ0) is 13.7. The molecule has 2 unspecified atom stereocenters. The highest BCUT2D eigenvalue weighted by Gasteiger charge is 2.18. The molecule has 0 heterocycles. The highest BCUT2D eigenvalue weighted by atomic mass is 16.5. The monoisotopic (exact) mass is 262 g/mol. The highest BCUT2D eigenvalue weighted by molar-refractivity contribution is 5.59. The summed E-state index contributed by atoms with van der Waals surface area (Å²) >= 11 is 0. The maximum absolute atomic E-state index is 5.85. The Hall–Kier alpha value is -1.38. The number of nitrogen functional groups attached to an aromatic ring is 1. The van der Waals surface area contributed by atoms with Gasteiger partial charge in [-0.05, 0) is 30.7 Å². The fourth-order valence-electron chi connectivity index (χ4n) is 3.08. The Morgan fingerprint density at radius 3 is 2.89 bits per heavy atom. The molecule has 0 amide bonds. The van der Waals surface area contributed by atoms with Gasteiger partial charge in [0.15, 0.2) is 0 Å². The topological polar surface area (TPSA) is 47.3 Å². The lowest BCUT2D eigenvalue weighted by Crippen LogP contribution is -2.16. The van der Waals surface area contributed by atoms with Gasteiger partial charge in [-0.3, -0.25) is 0 Å². The average Bonchev–Trinajstić information content (AvgIpc) is 2.38. The van der Waals surface area contributed by atoms with Crippen molar-refractivity contribution in [3.63, 3.8) is 0 Å². The zero-order valence-corrected chi connectivity index (χ0v) is 12.1. The van der Waals surface area contributed by atoms with Crippen LogP contribution in [0, 0.1) is 11.8 Å². The van der Waals surface area contributed by atoms with Crippen molar-refractivity contribution in [2.75, 3.05) is 24.7 Å². The van der Waals surface area contributed by atoms with Crippen LogP contribution in [0.15, 0.2) is 18.2 Å². The van der Waals surface area contributed by atoms with Gasteiger partial charge in [0.2, 0.25) is 0 Å². The van der Waals surface area contributed by atoms with Gasteiger partial charge in [0, 0.05) is 30.1 Å². The number of rotatable bonds is 5. The summed E-state index contributed by atoms with van der Waals surface area (Å²) in [5.74, 6) is 2.61. The van der Waals surface area contributed by atoms with Crippen LogP contribution in [-0.4, -0.2) is 13.7 Å². The molecule has 2 rings (SSSR count). The van der Waals surface area contributed by atoms with E-state index in [9.17, 15) is 0 Å². The fraction of sp³-hybridized carbons (Fsp3) is 0.625. The Kier molecular flexibility index (Phi) is 4.94. The summed E-state index contributed by atoms with van der Waals surface area (Å²) in [5.41, 5.74) is 7.65. The second-order valence-electron chi connectivity index (χ2n) is 5.85. The third-order valence-corrected chi connectivity index (χ3v) is 4.09. The van der Waals surface area contributed by atoms with Crippen LogP contribution in [0.5, 0.6) is 5.75 Å². The first-order valence-electron chi connectivity index (χ1n) is 7.36. The lowest BCUT2D eigenvalue weighted by molar-refractivity contribution is 0.274. The fourth-order valence-corrected chi connectivity index (χ4v) is 3.08. The van der Waals surface area contributed by atoms with Crippen LogP contribution in [-0.2, 0) is 0 Å². The van der Waals surface area contributed by atoms with Crippen LogP contribution in [0.25, 0.3) is 0 Å². The molecule has 1 fully saturated rings. The summed E-state index contributed by atoms with van der Waals surface area (Å²) in [6, 6.07) is 5.81. The molecule has 0 aliphatic heterocycles. The van der Waals surface area contributed by atoms with Crippen molar-refractivity contribution in [3.8, 4) is 5.75 Å². The summed E-state index contributed by atoms with van der Waals surface area (Å²) in [7, 11) is 1.67. The van der Waals surface area contributed by atoms with Crippen LogP contribution in [0.4, 0.5) is 11.4 Å². The van der Waals surface area contributed by atoms with Crippen molar-refractivity contribution in [2.45, 2.75) is 39.0 Å². The minimum atomic E-state index is 0.744. The van der Waals surface area contributed by atoms with Crippen LogP contribution in [0.1, 0.15) is 39.0 Å². The highest BCUT2D eigenvalue weighted by Crippen LogP contribution is 2.30. The number of ether oxygens (including phenoxy) is 1. The zero-order valence-electron chi connectivity index (χ0n) is 12.1. The Morgan fingerprint density at radius 1 is 1.32 bits per heavy atom. The van der Waals surface area contributed by atoms with Gasteiger partial charge in [-0.15, -0.1) is 0 Å². The van der Waals surface area contributed by atoms with Gasteiger partial charge in [-0.2, -0.15) is 0 Å². The van der Waals surface area contributed by atoms with Gasteiger partial charge < -0.3 is 15.8 Å². The SMILES string of the molecule is COc1cc(N)cc(NCCC2CCCC(C)C2)c1. The van der Waals surface area contributed by atoms with E-state index in [0.29, 0.717) is 0 Å². The Balaban J connectivity index is 1.80. The summed E-state index contributed by atoms with van der Waals surface area (Å²) in [6.45, 7) is 3.40.